The molecular weight excluding hydrogens is 410 g/mol. The first-order valence-electron chi connectivity index (χ1n) is 10.6. The van der Waals surface area contributed by atoms with Gasteiger partial charge in [0.05, 0.1) is 10.9 Å². The number of pyridine rings is 1. The van der Waals surface area contributed by atoms with Crippen molar-refractivity contribution in [3.63, 3.8) is 0 Å². The number of nitrogens with one attached hydrogen (secondary N) is 1. The number of H-pyrrole nitrogens is 1. The molecule has 1 N–H and O–H groups in total. The fraction of sp³-hybridized carbons (Fsp3) is 0.455. The third-order valence-corrected chi connectivity index (χ3v) is 5.85. The van der Waals surface area contributed by atoms with Crippen molar-refractivity contribution < 1.29 is 4.79 Å². The molecule has 0 spiro atoms. The first kappa shape index (κ1) is 21.7. The number of piperidine rings is 1. The molecule has 1 fully saturated rings. The average molecular weight is 438 g/mol. The Bertz CT molecular complexity index is 1290. The molecule has 0 radical (unpaired) electrons. The van der Waals surface area contributed by atoms with E-state index in [-0.39, 0.29) is 23.9 Å². The molecule has 0 unspecified atom stereocenters. The molecule has 3 aromatic rings. The third kappa shape index (κ3) is 4.25. The largest absolute Gasteiger partial charge is 0.348 e. The Labute approximate surface area is 184 Å². The molecule has 4 heterocycles. The molecule has 168 valence electrons. The molecule has 10 heteroatoms. The maximum atomic E-state index is 13.0. The Morgan fingerprint density at radius 2 is 2.00 bits per heavy atom. The summed E-state index contributed by atoms with van der Waals surface area (Å²) in [6.07, 6.45) is 3.19. The van der Waals surface area contributed by atoms with E-state index in [4.69, 9.17) is 0 Å². The minimum atomic E-state index is -0.417. The molecular formula is C22H27N7O3. The second-order valence-electron chi connectivity index (χ2n) is 8.50. The molecule has 0 aromatic carbocycles. The Morgan fingerprint density at radius 3 is 2.72 bits per heavy atom. The molecule has 1 aliphatic heterocycles. The smallest absolute Gasteiger partial charge is 0.347 e. The summed E-state index contributed by atoms with van der Waals surface area (Å²) in [4.78, 5) is 56.9. The van der Waals surface area contributed by atoms with Crippen LogP contribution in [0.4, 0.5) is 5.95 Å². The Balaban J connectivity index is 1.57. The number of fused-ring (bicyclic) bond motifs is 1. The number of anilines is 1. The summed E-state index contributed by atoms with van der Waals surface area (Å²) in [5, 5.41) is 0.435. The van der Waals surface area contributed by atoms with Crippen molar-refractivity contribution in [2.45, 2.75) is 39.2 Å². The van der Waals surface area contributed by atoms with E-state index in [0.29, 0.717) is 41.3 Å². The summed E-state index contributed by atoms with van der Waals surface area (Å²) in [5.74, 6) is 0.379. The Kier molecular flexibility index (Phi) is 5.77. The summed E-state index contributed by atoms with van der Waals surface area (Å²) in [6.45, 7) is 4.60. The number of carbonyl (C=O) groups excluding carboxylic acids is 1. The number of amides is 1. The monoisotopic (exact) mass is 437 g/mol. The lowest BCUT2D eigenvalue weighted by Crippen LogP contribution is -2.43. The van der Waals surface area contributed by atoms with Crippen LogP contribution >= 0.6 is 0 Å². The highest BCUT2D eigenvalue weighted by molar-refractivity contribution is 5.78. The zero-order valence-corrected chi connectivity index (χ0v) is 18.8. The highest BCUT2D eigenvalue weighted by atomic mass is 16.2. The fourth-order valence-electron chi connectivity index (χ4n) is 4.15. The van der Waals surface area contributed by atoms with Gasteiger partial charge >= 0.3 is 5.69 Å². The van der Waals surface area contributed by atoms with Crippen LogP contribution in [0.3, 0.4) is 0 Å². The van der Waals surface area contributed by atoms with Gasteiger partial charge in [-0.05, 0) is 38.8 Å². The second kappa shape index (κ2) is 8.52. The quantitative estimate of drug-likeness (QED) is 0.646. The molecule has 1 aliphatic rings. The van der Waals surface area contributed by atoms with E-state index < -0.39 is 5.69 Å². The van der Waals surface area contributed by atoms with Gasteiger partial charge in [0.2, 0.25) is 11.9 Å². The van der Waals surface area contributed by atoms with E-state index in [2.05, 4.69) is 19.9 Å². The first-order chi connectivity index (χ1) is 15.2. The maximum Gasteiger partial charge on any atom is 0.348 e. The third-order valence-electron chi connectivity index (χ3n) is 5.85. The zero-order valence-electron chi connectivity index (χ0n) is 18.8. The van der Waals surface area contributed by atoms with Crippen LogP contribution in [0.1, 0.15) is 35.8 Å². The van der Waals surface area contributed by atoms with Gasteiger partial charge < -0.3 is 14.8 Å². The van der Waals surface area contributed by atoms with Crippen molar-refractivity contribution in [3.05, 3.63) is 56.2 Å². The molecule has 0 saturated carbocycles. The van der Waals surface area contributed by atoms with E-state index in [9.17, 15) is 14.4 Å². The number of rotatable bonds is 4. The van der Waals surface area contributed by atoms with Gasteiger partial charge in [-0.3, -0.25) is 14.2 Å². The lowest BCUT2D eigenvalue weighted by Gasteiger charge is -2.33. The van der Waals surface area contributed by atoms with Crippen LogP contribution in [0, 0.1) is 13.8 Å². The summed E-state index contributed by atoms with van der Waals surface area (Å²) in [5.41, 5.74) is 2.03. The van der Waals surface area contributed by atoms with Crippen molar-refractivity contribution in [1.82, 2.24) is 29.4 Å². The van der Waals surface area contributed by atoms with Crippen LogP contribution < -0.4 is 16.1 Å². The number of carbonyl (C=O) groups is 1. The topological polar surface area (TPSA) is 117 Å². The minimum Gasteiger partial charge on any atom is -0.347 e. The molecule has 3 aromatic heterocycles. The van der Waals surface area contributed by atoms with Crippen molar-refractivity contribution in [2.24, 2.45) is 0 Å². The molecule has 1 amide bonds. The van der Waals surface area contributed by atoms with Gasteiger partial charge in [-0.2, -0.15) is 4.98 Å². The van der Waals surface area contributed by atoms with E-state index in [1.807, 2.05) is 20.2 Å². The summed E-state index contributed by atoms with van der Waals surface area (Å²) in [7, 11) is 3.69. The lowest BCUT2D eigenvalue weighted by atomic mass is 9.94. The molecule has 10 nitrogen and oxygen atoms in total. The Hall–Kier alpha value is -3.56. The van der Waals surface area contributed by atoms with Crippen molar-refractivity contribution in [1.29, 1.82) is 0 Å². The van der Waals surface area contributed by atoms with Crippen LogP contribution in [0.25, 0.3) is 10.9 Å². The average Bonchev–Trinajstić information content (AvgIpc) is 2.75. The van der Waals surface area contributed by atoms with Crippen LogP contribution in [-0.2, 0) is 11.3 Å². The number of hydrogen-bond acceptors (Lipinski definition) is 7. The second-order valence-corrected chi connectivity index (χ2v) is 8.50. The van der Waals surface area contributed by atoms with Crippen molar-refractivity contribution in [3.8, 4) is 0 Å². The number of aromatic nitrogens is 5. The zero-order chi connectivity index (χ0) is 23.0. The highest BCUT2D eigenvalue weighted by Gasteiger charge is 2.26. The normalized spacial score (nSPS) is 16.4. The minimum absolute atomic E-state index is 0.0171. The highest BCUT2D eigenvalue weighted by Crippen LogP contribution is 2.26. The molecule has 1 atom stereocenters. The number of aryl methyl sites for hydroxylation is 2. The number of nitrogens with zero attached hydrogens (tertiary/aromatic N) is 6. The van der Waals surface area contributed by atoms with E-state index in [1.54, 1.807) is 29.7 Å². The van der Waals surface area contributed by atoms with E-state index in [0.717, 1.165) is 18.5 Å². The SMILES string of the molecule is Cc1cc(C)n(CC(=O)N2CCC[C@H](c3cc4nc(N(C)C)ncc4c(=O)[nH]3)C2)c(=O)n1. The standard InChI is InChI=1S/C22H27N7O3/c1-13-8-14(2)29(22(32)24-13)12-19(30)28-7-5-6-15(11-28)17-9-18-16(20(31)25-17)10-23-21(26-18)27(3)4/h8-10,15H,5-7,11-12H2,1-4H3,(H,25,31)/t15-/m0/s1. The van der Waals surface area contributed by atoms with Gasteiger partial charge in [0.25, 0.3) is 5.56 Å². The number of hydrogen-bond donors (Lipinski definition) is 1. The van der Waals surface area contributed by atoms with Crippen LogP contribution in [0.2, 0.25) is 0 Å². The summed E-state index contributed by atoms with van der Waals surface area (Å²) >= 11 is 0. The predicted octanol–water partition coefficient (Wildman–Crippen LogP) is 0.964. The lowest BCUT2D eigenvalue weighted by molar-refractivity contribution is -0.133. The van der Waals surface area contributed by atoms with E-state index in [1.165, 1.54) is 10.8 Å². The van der Waals surface area contributed by atoms with Crippen LogP contribution in [-0.4, -0.2) is 62.5 Å². The first-order valence-corrected chi connectivity index (χ1v) is 10.6. The fourth-order valence-corrected chi connectivity index (χ4v) is 4.15. The van der Waals surface area contributed by atoms with Gasteiger partial charge in [0.15, 0.2) is 0 Å². The van der Waals surface area contributed by atoms with Gasteiger partial charge in [-0.25, -0.2) is 14.8 Å². The predicted molar refractivity (Wildman–Crippen MR) is 121 cm³/mol. The van der Waals surface area contributed by atoms with Gasteiger partial charge in [0, 0.05) is 56.4 Å². The molecule has 32 heavy (non-hydrogen) atoms. The Morgan fingerprint density at radius 1 is 1.22 bits per heavy atom. The number of aromatic amines is 1. The molecule has 0 bridgehead atoms. The molecule has 4 rings (SSSR count). The molecule has 1 saturated heterocycles. The van der Waals surface area contributed by atoms with E-state index >= 15 is 0 Å². The summed E-state index contributed by atoms with van der Waals surface area (Å²) in [6, 6.07) is 3.67. The van der Waals surface area contributed by atoms with Gasteiger partial charge in [-0.1, -0.05) is 0 Å². The maximum absolute atomic E-state index is 13.0. The van der Waals surface area contributed by atoms with Gasteiger partial charge in [0.1, 0.15) is 6.54 Å². The number of likely N-dealkylation sites (tertiary alicyclic amines) is 1. The van der Waals surface area contributed by atoms with Crippen LogP contribution in [0.15, 0.2) is 27.9 Å². The van der Waals surface area contributed by atoms with Crippen molar-refractivity contribution in [2.75, 3.05) is 32.1 Å². The summed E-state index contributed by atoms with van der Waals surface area (Å²) < 4.78 is 1.40. The van der Waals surface area contributed by atoms with Crippen LogP contribution in [0.5, 0.6) is 0 Å². The molecule has 0 aliphatic carbocycles. The van der Waals surface area contributed by atoms with Gasteiger partial charge in [-0.15, -0.1) is 0 Å². The van der Waals surface area contributed by atoms with Crippen molar-refractivity contribution >= 4 is 22.8 Å².